The van der Waals surface area contributed by atoms with Crippen LogP contribution >= 0.6 is 11.6 Å². The first kappa shape index (κ1) is 29.6. The van der Waals surface area contributed by atoms with Gasteiger partial charge in [-0.15, -0.1) is 0 Å². The van der Waals surface area contributed by atoms with Crippen LogP contribution < -0.4 is 21.8 Å². The van der Waals surface area contributed by atoms with Crippen molar-refractivity contribution in [3.63, 3.8) is 0 Å². The van der Waals surface area contributed by atoms with E-state index in [1.165, 1.54) is 0 Å². The van der Waals surface area contributed by atoms with Gasteiger partial charge in [-0.2, -0.15) is 13.2 Å². The van der Waals surface area contributed by atoms with Gasteiger partial charge in [0, 0.05) is 25.4 Å². The number of anilines is 2. The summed E-state index contributed by atoms with van der Waals surface area (Å²) in [6, 6.07) is 2.35. The minimum absolute atomic E-state index is 0.000783. The highest BCUT2D eigenvalue weighted by Gasteiger charge is 2.38. The number of carboxylic acid groups (broad SMARTS) is 2. The van der Waals surface area contributed by atoms with Crippen LogP contribution in [-0.4, -0.2) is 52.5 Å². The molecule has 1 aliphatic rings. The Morgan fingerprint density at radius 3 is 2.15 bits per heavy atom. The third-order valence-corrected chi connectivity index (χ3v) is 6.16. The predicted molar refractivity (Wildman–Crippen MR) is 129 cm³/mol. The fraction of sp³-hybridized carbons (Fsp3) is 0.261. The molecule has 0 bridgehead atoms. The summed E-state index contributed by atoms with van der Waals surface area (Å²) < 4.78 is 76.1. The lowest BCUT2D eigenvalue weighted by Crippen LogP contribution is -2.48. The molecule has 2 heterocycles. The predicted octanol–water partition coefficient (Wildman–Crippen LogP) is 3.76. The lowest BCUT2D eigenvalue weighted by Gasteiger charge is -2.41. The van der Waals surface area contributed by atoms with E-state index in [0.29, 0.717) is 25.7 Å². The molecule has 1 aliphatic heterocycles. The Morgan fingerprint density at radius 1 is 1.05 bits per heavy atom. The molecule has 0 radical (unpaired) electrons. The van der Waals surface area contributed by atoms with Gasteiger partial charge in [-0.3, -0.25) is 4.79 Å². The number of hydrogen-bond donors (Lipinski definition) is 4. The van der Waals surface area contributed by atoms with Gasteiger partial charge >= 0.3 is 18.1 Å². The minimum Gasteiger partial charge on any atom is -0.477 e. The van der Waals surface area contributed by atoms with Gasteiger partial charge in [0.1, 0.15) is 23.0 Å². The maximum absolute atomic E-state index is 15.0. The quantitative estimate of drug-likeness (QED) is 0.263. The molecule has 1 aromatic heterocycles. The van der Waals surface area contributed by atoms with Crippen LogP contribution in [0.15, 0.2) is 29.2 Å². The lowest BCUT2D eigenvalue weighted by molar-refractivity contribution is -0.192. The van der Waals surface area contributed by atoms with Crippen molar-refractivity contribution in [1.82, 2.24) is 4.57 Å². The molecule has 39 heavy (non-hydrogen) atoms. The first-order valence-corrected chi connectivity index (χ1v) is 11.3. The summed E-state index contributed by atoms with van der Waals surface area (Å²) in [6.45, 7) is 1.44. The van der Waals surface area contributed by atoms with Crippen molar-refractivity contribution in [2.24, 2.45) is 11.7 Å². The third kappa shape index (κ3) is 5.88. The molecular formula is C23H19ClF6N4O5. The molecule has 4 rings (SSSR count). The Hall–Kier alpha value is -3.98. The van der Waals surface area contributed by atoms with Crippen molar-refractivity contribution in [2.75, 3.05) is 30.3 Å². The molecule has 2 aromatic carbocycles. The second kappa shape index (κ2) is 11.0. The summed E-state index contributed by atoms with van der Waals surface area (Å²) in [7, 11) is 0. The average molecular weight is 581 g/mol. The van der Waals surface area contributed by atoms with Crippen molar-refractivity contribution in [3.05, 3.63) is 62.7 Å². The number of nitrogens with zero attached hydrogens (tertiary/aromatic N) is 2. The highest BCUT2D eigenvalue weighted by molar-refractivity contribution is 6.38. The number of alkyl halides is 3. The fourth-order valence-corrected chi connectivity index (χ4v) is 4.35. The van der Waals surface area contributed by atoms with E-state index in [9.17, 15) is 36.6 Å². The normalized spacial score (nSPS) is 13.6. The van der Waals surface area contributed by atoms with Gasteiger partial charge in [-0.1, -0.05) is 11.6 Å². The number of carbonyl (C=O) groups is 2. The first-order chi connectivity index (χ1) is 18.1. The summed E-state index contributed by atoms with van der Waals surface area (Å²) >= 11 is 6.52. The van der Waals surface area contributed by atoms with Crippen LogP contribution in [0.25, 0.3) is 16.6 Å². The Kier molecular flexibility index (Phi) is 8.36. The molecule has 0 atom stereocenters. The molecule has 0 saturated carbocycles. The highest BCUT2D eigenvalue weighted by Crippen LogP contribution is 2.40. The summed E-state index contributed by atoms with van der Waals surface area (Å²) in [5.74, 6) is -7.02. The van der Waals surface area contributed by atoms with Gasteiger partial charge in [-0.05, 0) is 31.0 Å². The third-order valence-electron chi connectivity index (χ3n) is 5.80. The second-order valence-corrected chi connectivity index (χ2v) is 8.82. The Balaban J connectivity index is 0.000000532. The van der Waals surface area contributed by atoms with E-state index >= 15 is 4.39 Å². The number of carboxylic acids is 2. The van der Waals surface area contributed by atoms with Gasteiger partial charge < -0.3 is 31.1 Å². The topological polar surface area (TPSA) is 152 Å². The van der Waals surface area contributed by atoms with E-state index in [0.717, 1.165) is 29.3 Å². The van der Waals surface area contributed by atoms with E-state index in [2.05, 4.69) is 0 Å². The van der Waals surface area contributed by atoms with E-state index in [-0.39, 0.29) is 33.2 Å². The maximum Gasteiger partial charge on any atom is 0.490 e. The summed E-state index contributed by atoms with van der Waals surface area (Å²) in [5, 5.41) is 16.0. The van der Waals surface area contributed by atoms with Crippen LogP contribution in [-0.2, 0) is 4.79 Å². The first-order valence-electron chi connectivity index (χ1n) is 10.9. The van der Waals surface area contributed by atoms with Crippen LogP contribution in [0.1, 0.15) is 16.8 Å². The number of benzene rings is 2. The Bertz CT molecular complexity index is 1520. The highest BCUT2D eigenvalue weighted by atomic mass is 35.5. The molecule has 16 heteroatoms. The van der Waals surface area contributed by atoms with E-state index in [1.54, 1.807) is 4.90 Å². The number of aliphatic carboxylic acids is 1. The number of pyridine rings is 1. The molecule has 0 spiro atoms. The van der Waals surface area contributed by atoms with E-state index in [1.807, 2.05) is 0 Å². The molecule has 210 valence electrons. The van der Waals surface area contributed by atoms with Crippen LogP contribution in [0.2, 0.25) is 5.02 Å². The monoisotopic (exact) mass is 580 g/mol. The van der Waals surface area contributed by atoms with Gasteiger partial charge in [0.15, 0.2) is 0 Å². The Morgan fingerprint density at radius 2 is 1.64 bits per heavy atom. The molecule has 0 amide bonds. The second-order valence-electron chi connectivity index (χ2n) is 8.44. The van der Waals surface area contributed by atoms with Crippen molar-refractivity contribution < 1.29 is 46.1 Å². The fourth-order valence-electron chi connectivity index (χ4n) is 3.95. The summed E-state index contributed by atoms with van der Waals surface area (Å²) in [5.41, 5.74) is 8.52. The molecule has 1 fully saturated rings. The van der Waals surface area contributed by atoms with Crippen molar-refractivity contribution in [1.29, 1.82) is 0 Å². The zero-order chi connectivity index (χ0) is 29.4. The molecule has 0 aliphatic carbocycles. The standard InChI is InChI=1S/C21H18ClF3N4O3.C2HF3O2/c22-17-18-10(3-14(25)19(17)28-6-9(7-28)1-2-26)20(30)11(21(31)32)8-29(18)16-5-15(27)12(23)4-13(16)24;3-2(4,5)1(6)7/h3-5,8-9H,1-2,6-7,26-27H2,(H,31,32);(H,6,7). The number of rotatable bonds is 5. The number of aromatic nitrogens is 1. The van der Waals surface area contributed by atoms with Crippen molar-refractivity contribution in [3.8, 4) is 5.69 Å². The number of hydrogen-bond acceptors (Lipinski definition) is 6. The Labute approximate surface area is 219 Å². The maximum atomic E-state index is 15.0. The SMILES string of the molecule is NCCC1CN(c2c(F)cc3c(=O)c(C(=O)O)cn(-c4cc(N)c(F)cc4F)c3c2Cl)C1.O=C(O)C(F)(F)F. The van der Waals surface area contributed by atoms with Crippen molar-refractivity contribution in [2.45, 2.75) is 12.6 Å². The average Bonchev–Trinajstić information content (AvgIpc) is 2.80. The van der Waals surface area contributed by atoms with Crippen molar-refractivity contribution >= 4 is 45.8 Å². The summed E-state index contributed by atoms with van der Waals surface area (Å²) in [6.07, 6.45) is -3.47. The van der Waals surface area contributed by atoms with Crippen LogP contribution in [0.3, 0.4) is 0 Å². The molecular weight excluding hydrogens is 562 g/mol. The molecule has 1 saturated heterocycles. The van der Waals surface area contributed by atoms with Gasteiger partial charge in [-0.25, -0.2) is 22.8 Å². The zero-order valence-corrected chi connectivity index (χ0v) is 20.3. The van der Waals surface area contributed by atoms with E-state index in [4.69, 9.17) is 33.0 Å². The van der Waals surface area contributed by atoms with E-state index < -0.39 is 52.2 Å². The zero-order valence-electron chi connectivity index (χ0n) is 19.5. The summed E-state index contributed by atoms with van der Waals surface area (Å²) in [4.78, 5) is 34.9. The largest absolute Gasteiger partial charge is 0.490 e. The van der Waals surface area contributed by atoms with Crippen LogP contribution in [0.4, 0.5) is 37.7 Å². The van der Waals surface area contributed by atoms with Gasteiger partial charge in [0.25, 0.3) is 0 Å². The van der Waals surface area contributed by atoms with Crippen LogP contribution in [0, 0.1) is 23.4 Å². The van der Waals surface area contributed by atoms with Gasteiger partial charge in [0.2, 0.25) is 5.43 Å². The number of fused-ring (bicyclic) bond motifs is 1. The number of aromatic carboxylic acids is 1. The number of nitrogen functional groups attached to an aromatic ring is 1. The van der Waals surface area contributed by atoms with Crippen LogP contribution in [0.5, 0.6) is 0 Å². The minimum atomic E-state index is -5.08. The molecule has 0 unspecified atom stereocenters. The molecule has 6 N–H and O–H groups in total. The molecule has 3 aromatic rings. The number of halogens is 7. The molecule has 9 nitrogen and oxygen atoms in total. The van der Waals surface area contributed by atoms with Gasteiger partial charge in [0.05, 0.1) is 33.0 Å². The lowest BCUT2D eigenvalue weighted by atomic mass is 9.95. The number of nitrogens with two attached hydrogens (primary N) is 2. The smallest absolute Gasteiger partial charge is 0.477 e.